The zero-order valence-electron chi connectivity index (χ0n) is 18.1. The summed E-state index contributed by atoms with van der Waals surface area (Å²) in [7, 11) is 1.73. The van der Waals surface area contributed by atoms with Crippen molar-refractivity contribution in [1.82, 2.24) is 20.0 Å². The number of nitrogens with zero attached hydrogens (tertiary/aromatic N) is 3. The number of aliphatic hydroxyl groups excluding tert-OH is 1. The number of aliphatic hydroxyl groups is 1. The van der Waals surface area contributed by atoms with E-state index in [-0.39, 0.29) is 24.5 Å². The van der Waals surface area contributed by atoms with Crippen LogP contribution in [0.5, 0.6) is 0 Å². The predicted molar refractivity (Wildman–Crippen MR) is 116 cm³/mol. The van der Waals surface area contributed by atoms with Crippen molar-refractivity contribution < 1.29 is 14.7 Å². The zero-order valence-corrected chi connectivity index (χ0v) is 18.1. The molecule has 164 valence electrons. The Balaban J connectivity index is 1.33. The zero-order chi connectivity index (χ0) is 21.8. The molecule has 0 bridgehead atoms. The molecule has 5 rings (SSSR count). The molecule has 0 saturated heterocycles. The van der Waals surface area contributed by atoms with Crippen LogP contribution in [0.25, 0.3) is 0 Å². The number of H-pyrrole nitrogens is 1. The van der Waals surface area contributed by atoms with E-state index in [4.69, 9.17) is 0 Å². The van der Waals surface area contributed by atoms with Crippen LogP contribution in [0.4, 0.5) is 5.69 Å². The first-order chi connectivity index (χ1) is 15.0. The minimum atomic E-state index is -0.455. The van der Waals surface area contributed by atoms with Crippen LogP contribution in [-0.2, 0) is 30.6 Å². The Morgan fingerprint density at radius 3 is 2.84 bits per heavy atom. The van der Waals surface area contributed by atoms with Crippen molar-refractivity contribution in [3.05, 3.63) is 46.3 Å². The van der Waals surface area contributed by atoms with E-state index in [1.165, 1.54) is 11.1 Å². The highest BCUT2D eigenvalue weighted by atomic mass is 16.3. The van der Waals surface area contributed by atoms with Gasteiger partial charge < -0.3 is 20.2 Å². The number of likely N-dealkylation sites (N-methyl/N-ethyl adjacent to an activating group) is 1. The number of rotatable bonds is 5. The minimum absolute atomic E-state index is 0.0415. The highest BCUT2D eigenvalue weighted by Gasteiger charge is 2.49. The van der Waals surface area contributed by atoms with E-state index in [9.17, 15) is 14.7 Å². The van der Waals surface area contributed by atoms with E-state index in [0.29, 0.717) is 31.6 Å². The molecule has 1 aromatic carbocycles. The highest BCUT2D eigenvalue weighted by Crippen LogP contribution is 2.41. The maximum atomic E-state index is 13.3. The van der Waals surface area contributed by atoms with Gasteiger partial charge in [-0.05, 0) is 36.5 Å². The summed E-state index contributed by atoms with van der Waals surface area (Å²) in [5, 5.41) is 20.4. The summed E-state index contributed by atoms with van der Waals surface area (Å²) in [4.78, 5) is 29.9. The lowest BCUT2D eigenvalue weighted by Crippen LogP contribution is -2.45. The van der Waals surface area contributed by atoms with Crippen molar-refractivity contribution in [1.29, 1.82) is 0 Å². The average Bonchev–Trinajstić information content (AvgIpc) is 3.29. The monoisotopic (exact) mass is 423 g/mol. The summed E-state index contributed by atoms with van der Waals surface area (Å²) in [6, 6.07) is 5.92. The summed E-state index contributed by atoms with van der Waals surface area (Å²) >= 11 is 0. The summed E-state index contributed by atoms with van der Waals surface area (Å²) < 4.78 is 0. The third kappa shape index (κ3) is 3.20. The van der Waals surface area contributed by atoms with Gasteiger partial charge >= 0.3 is 0 Å². The molecular weight excluding hydrogens is 394 g/mol. The van der Waals surface area contributed by atoms with Crippen LogP contribution >= 0.6 is 0 Å². The third-order valence-corrected chi connectivity index (χ3v) is 7.28. The first-order valence-corrected chi connectivity index (χ1v) is 11.1. The second-order valence-corrected chi connectivity index (χ2v) is 8.98. The molecule has 8 heteroatoms. The number of aryl methyl sites for hydroxylation is 1. The van der Waals surface area contributed by atoms with Gasteiger partial charge in [-0.15, -0.1) is 0 Å². The number of nitrogens with one attached hydrogen (secondary N) is 2. The number of hydrogen-bond donors (Lipinski definition) is 3. The Morgan fingerprint density at radius 1 is 1.32 bits per heavy atom. The molecule has 2 aromatic rings. The van der Waals surface area contributed by atoms with Crippen molar-refractivity contribution in [2.75, 3.05) is 25.5 Å². The normalized spacial score (nSPS) is 20.6. The molecule has 0 spiro atoms. The maximum Gasteiger partial charge on any atom is 0.274 e. The number of carbonyl (C=O) groups excluding carboxylic acids is 2. The Hall–Kier alpha value is -2.87. The van der Waals surface area contributed by atoms with Gasteiger partial charge in [0, 0.05) is 49.9 Å². The van der Waals surface area contributed by atoms with Crippen molar-refractivity contribution in [2.24, 2.45) is 0 Å². The molecule has 2 aliphatic heterocycles. The molecule has 31 heavy (non-hydrogen) atoms. The van der Waals surface area contributed by atoms with E-state index in [1.54, 1.807) is 11.9 Å². The maximum absolute atomic E-state index is 13.3. The lowest BCUT2D eigenvalue weighted by Gasteiger charge is -2.30. The molecule has 3 heterocycles. The van der Waals surface area contributed by atoms with Crippen LogP contribution in [-0.4, -0.2) is 68.7 Å². The first kappa shape index (κ1) is 20.1. The molecular formula is C23H29N5O3. The molecule has 3 aliphatic rings. The SMILES string of the molecule is CCc1cccc2c1CC(C(=O)N1CCc3[nH]nc(C(=O)N(C)C4(CO)CC4)c3C1)N2. The van der Waals surface area contributed by atoms with Gasteiger partial charge in [0.25, 0.3) is 5.91 Å². The highest BCUT2D eigenvalue weighted by molar-refractivity contribution is 5.95. The lowest BCUT2D eigenvalue weighted by molar-refractivity contribution is -0.132. The van der Waals surface area contributed by atoms with Gasteiger partial charge in [0.2, 0.25) is 5.91 Å². The standard InChI is InChI=1S/C23H29N5O3/c1-3-14-5-4-6-17-15(14)11-19(24-17)21(30)28-10-7-18-16(12-28)20(26-25-18)22(31)27(2)23(13-29)8-9-23/h4-6,19,24,29H,3,7-13H2,1-2H3,(H,25,26). The summed E-state index contributed by atoms with van der Waals surface area (Å²) in [6.45, 7) is 3.07. The Labute approximate surface area is 181 Å². The average molecular weight is 424 g/mol. The van der Waals surface area contributed by atoms with Crippen LogP contribution in [0.3, 0.4) is 0 Å². The van der Waals surface area contributed by atoms with E-state index in [1.807, 2.05) is 17.0 Å². The first-order valence-electron chi connectivity index (χ1n) is 11.1. The fraction of sp³-hybridized carbons (Fsp3) is 0.522. The number of hydrogen-bond acceptors (Lipinski definition) is 5. The molecule has 1 unspecified atom stereocenters. The van der Waals surface area contributed by atoms with Gasteiger partial charge in [-0.25, -0.2) is 0 Å². The van der Waals surface area contributed by atoms with Crippen LogP contribution in [0.15, 0.2) is 18.2 Å². The van der Waals surface area contributed by atoms with E-state index >= 15 is 0 Å². The fourth-order valence-corrected chi connectivity index (χ4v) is 4.93. The van der Waals surface area contributed by atoms with Crippen molar-refractivity contribution in [3.63, 3.8) is 0 Å². The van der Waals surface area contributed by atoms with Gasteiger partial charge in [0.15, 0.2) is 5.69 Å². The molecule has 2 amide bonds. The number of anilines is 1. The molecule has 8 nitrogen and oxygen atoms in total. The van der Waals surface area contributed by atoms with Gasteiger partial charge in [0.05, 0.1) is 12.1 Å². The van der Waals surface area contributed by atoms with Crippen molar-refractivity contribution in [3.8, 4) is 0 Å². The van der Waals surface area contributed by atoms with Crippen LogP contribution < -0.4 is 5.32 Å². The van der Waals surface area contributed by atoms with Crippen LogP contribution in [0.2, 0.25) is 0 Å². The molecule has 1 aliphatic carbocycles. The molecule has 1 fully saturated rings. The third-order valence-electron chi connectivity index (χ3n) is 7.28. The number of carbonyl (C=O) groups is 2. The second-order valence-electron chi connectivity index (χ2n) is 8.98. The van der Waals surface area contributed by atoms with Gasteiger partial charge in [0.1, 0.15) is 6.04 Å². The number of amides is 2. The number of aromatic nitrogens is 2. The number of fused-ring (bicyclic) bond motifs is 2. The summed E-state index contributed by atoms with van der Waals surface area (Å²) in [5.74, 6) is -0.136. The van der Waals surface area contributed by atoms with Crippen LogP contribution in [0.1, 0.15) is 52.6 Å². The van der Waals surface area contributed by atoms with Crippen molar-refractivity contribution >= 4 is 17.5 Å². The predicted octanol–water partition coefficient (Wildman–Crippen LogP) is 1.49. The van der Waals surface area contributed by atoms with Crippen molar-refractivity contribution in [2.45, 2.75) is 57.2 Å². The topological polar surface area (TPSA) is 102 Å². The lowest BCUT2D eigenvalue weighted by atomic mass is 9.99. The molecule has 0 radical (unpaired) electrons. The Bertz CT molecular complexity index is 1040. The molecule has 1 atom stereocenters. The smallest absolute Gasteiger partial charge is 0.274 e. The van der Waals surface area contributed by atoms with Crippen LogP contribution in [0, 0.1) is 0 Å². The molecule has 1 saturated carbocycles. The van der Waals surface area contributed by atoms with E-state index in [2.05, 4.69) is 28.5 Å². The van der Waals surface area contributed by atoms with Gasteiger partial charge in [-0.3, -0.25) is 14.7 Å². The summed E-state index contributed by atoms with van der Waals surface area (Å²) in [5.41, 5.74) is 5.20. The second kappa shape index (κ2) is 7.37. The quantitative estimate of drug-likeness (QED) is 0.676. The largest absolute Gasteiger partial charge is 0.394 e. The molecule has 3 N–H and O–H groups in total. The van der Waals surface area contributed by atoms with E-state index < -0.39 is 5.54 Å². The van der Waals surface area contributed by atoms with Gasteiger partial charge in [-0.2, -0.15) is 5.10 Å². The Kier molecular flexibility index (Phi) is 4.77. The van der Waals surface area contributed by atoms with E-state index in [0.717, 1.165) is 36.2 Å². The minimum Gasteiger partial charge on any atom is -0.394 e. The summed E-state index contributed by atoms with van der Waals surface area (Å²) in [6.07, 6.45) is 3.89. The molecule has 1 aromatic heterocycles. The number of benzene rings is 1. The fourth-order valence-electron chi connectivity index (χ4n) is 4.93. The Morgan fingerprint density at radius 2 is 2.13 bits per heavy atom. The number of aromatic amines is 1. The van der Waals surface area contributed by atoms with Gasteiger partial charge in [-0.1, -0.05) is 19.1 Å².